The average molecular weight is 180 g/mol. The van der Waals surface area contributed by atoms with E-state index in [2.05, 4.69) is 0 Å². The van der Waals surface area contributed by atoms with Crippen LogP contribution < -0.4 is 0 Å². The molecule has 1 spiro atoms. The van der Waals surface area contributed by atoms with Crippen LogP contribution in [0.2, 0.25) is 0 Å². The molecular formula is C10H12O3. The summed E-state index contributed by atoms with van der Waals surface area (Å²) in [5, 5.41) is 8.94. The van der Waals surface area contributed by atoms with Crippen LogP contribution in [0.4, 0.5) is 0 Å². The summed E-state index contributed by atoms with van der Waals surface area (Å²) in [6.07, 6.45) is 5.60. The first-order valence-corrected chi connectivity index (χ1v) is 4.62. The monoisotopic (exact) mass is 180 g/mol. The molecule has 0 radical (unpaired) electrons. The van der Waals surface area contributed by atoms with E-state index in [0.29, 0.717) is 12.0 Å². The van der Waals surface area contributed by atoms with Gasteiger partial charge < -0.3 is 5.11 Å². The van der Waals surface area contributed by atoms with Crippen LogP contribution in [0.25, 0.3) is 0 Å². The molecule has 0 amide bonds. The molecule has 0 saturated heterocycles. The Labute approximate surface area is 76.4 Å². The van der Waals surface area contributed by atoms with Crippen molar-refractivity contribution in [2.45, 2.75) is 32.1 Å². The second-order valence-electron chi connectivity index (χ2n) is 3.99. The van der Waals surface area contributed by atoms with Gasteiger partial charge in [-0.05, 0) is 18.9 Å². The lowest BCUT2D eigenvalue weighted by atomic mass is 9.79. The highest BCUT2D eigenvalue weighted by molar-refractivity contribution is 6.04. The maximum Gasteiger partial charge on any atom is 0.332 e. The summed E-state index contributed by atoms with van der Waals surface area (Å²) in [5.74, 6) is -0.924. The number of allylic oxidation sites excluding steroid dienone is 1. The van der Waals surface area contributed by atoms with E-state index in [1.807, 2.05) is 0 Å². The molecule has 0 aromatic carbocycles. The van der Waals surface area contributed by atoms with Gasteiger partial charge in [0.2, 0.25) is 0 Å². The molecule has 0 atom stereocenters. The van der Waals surface area contributed by atoms with Crippen LogP contribution in [-0.2, 0) is 9.59 Å². The van der Waals surface area contributed by atoms with Gasteiger partial charge in [0.15, 0.2) is 5.78 Å². The second-order valence-corrected chi connectivity index (χ2v) is 3.99. The van der Waals surface area contributed by atoms with Crippen molar-refractivity contribution in [3.8, 4) is 0 Å². The third kappa shape index (κ3) is 1.19. The molecule has 3 heteroatoms. The molecule has 2 rings (SSSR count). The fourth-order valence-corrected chi connectivity index (χ4v) is 2.58. The summed E-state index contributed by atoms with van der Waals surface area (Å²) in [7, 11) is 0. The molecule has 1 fully saturated rings. The van der Waals surface area contributed by atoms with Gasteiger partial charge in [0, 0.05) is 17.4 Å². The van der Waals surface area contributed by atoms with Crippen LogP contribution in [0.15, 0.2) is 11.6 Å². The molecule has 0 unspecified atom stereocenters. The molecule has 0 aromatic rings. The largest absolute Gasteiger partial charge is 0.478 e. The topological polar surface area (TPSA) is 54.4 Å². The van der Waals surface area contributed by atoms with E-state index >= 15 is 0 Å². The third-order valence-electron chi connectivity index (χ3n) is 3.18. The van der Waals surface area contributed by atoms with Crippen molar-refractivity contribution >= 4 is 11.8 Å². The van der Waals surface area contributed by atoms with Gasteiger partial charge >= 0.3 is 5.97 Å². The number of aliphatic carboxylic acids is 1. The van der Waals surface area contributed by atoms with Crippen molar-refractivity contribution in [3.63, 3.8) is 0 Å². The average Bonchev–Trinajstić information content (AvgIpc) is 2.60. The fourth-order valence-electron chi connectivity index (χ4n) is 2.58. The van der Waals surface area contributed by atoms with E-state index < -0.39 is 5.97 Å². The summed E-state index contributed by atoms with van der Waals surface area (Å²) in [4.78, 5) is 22.1. The lowest BCUT2D eigenvalue weighted by molar-refractivity contribution is -0.133. The van der Waals surface area contributed by atoms with Gasteiger partial charge in [-0.25, -0.2) is 4.79 Å². The maximum atomic E-state index is 11.2. The van der Waals surface area contributed by atoms with Gasteiger partial charge in [0.05, 0.1) is 0 Å². The van der Waals surface area contributed by atoms with E-state index in [-0.39, 0.29) is 11.2 Å². The number of carbonyl (C=O) groups excluding carboxylic acids is 1. The SMILES string of the molecule is O=C1C=C(C(=O)O)C2(CCCC2)C1. The van der Waals surface area contributed by atoms with E-state index in [9.17, 15) is 9.59 Å². The molecule has 1 N–H and O–H groups in total. The first kappa shape index (κ1) is 8.48. The number of carboxylic acids is 1. The second kappa shape index (κ2) is 2.69. The number of carbonyl (C=O) groups is 2. The van der Waals surface area contributed by atoms with Crippen molar-refractivity contribution in [1.82, 2.24) is 0 Å². The maximum absolute atomic E-state index is 11.2. The minimum atomic E-state index is -0.909. The Bertz CT molecular complexity index is 295. The summed E-state index contributed by atoms with van der Waals surface area (Å²) in [6, 6.07) is 0. The van der Waals surface area contributed by atoms with E-state index in [1.54, 1.807) is 0 Å². The van der Waals surface area contributed by atoms with Gasteiger partial charge in [0.25, 0.3) is 0 Å². The van der Waals surface area contributed by atoms with Crippen LogP contribution in [0.5, 0.6) is 0 Å². The van der Waals surface area contributed by atoms with Crippen LogP contribution in [0, 0.1) is 5.41 Å². The third-order valence-corrected chi connectivity index (χ3v) is 3.18. The van der Waals surface area contributed by atoms with Crippen LogP contribution in [-0.4, -0.2) is 16.9 Å². The number of carboxylic acid groups (broad SMARTS) is 1. The Morgan fingerprint density at radius 1 is 1.38 bits per heavy atom. The molecule has 1 saturated carbocycles. The van der Waals surface area contributed by atoms with Gasteiger partial charge in [-0.1, -0.05) is 12.8 Å². The lowest BCUT2D eigenvalue weighted by Gasteiger charge is -2.23. The van der Waals surface area contributed by atoms with E-state index in [1.165, 1.54) is 6.08 Å². The zero-order valence-corrected chi connectivity index (χ0v) is 7.38. The standard InChI is InChI=1S/C10H12O3/c11-7-5-8(9(12)13)10(6-7)3-1-2-4-10/h5H,1-4,6H2,(H,12,13). The molecule has 0 heterocycles. The molecule has 0 aliphatic heterocycles. The van der Waals surface area contributed by atoms with Crippen LogP contribution in [0.3, 0.4) is 0 Å². The number of rotatable bonds is 1. The molecule has 0 aromatic heterocycles. The summed E-state index contributed by atoms with van der Waals surface area (Å²) >= 11 is 0. The molecule has 0 bridgehead atoms. The first-order chi connectivity index (χ1) is 6.14. The van der Waals surface area contributed by atoms with E-state index in [4.69, 9.17) is 5.11 Å². The van der Waals surface area contributed by atoms with Gasteiger partial charge in [-0.2, -0.15) is 0 Å². The Hall–Kier alpha value is -1.12. The van der Waals surface area contributed by atoms with E-state index in [0.717, 1.165) is 25.7 Å². The Balaban J connectivity index is 2.35. The number of hydrogen-bond acceptors (Lipinski definition) is 2. The Kier molecular flexibility index (Phi) is 1.75. The van der Waals surface area contributed by atoms with Gasteiger partial charge in [0.1, 0.15) is 0 Å². The zero-order chi connectivity index (χ0) is 9.47. The van der Waals surface area contributed by atoms with Crippen LogP contribution >= 0.6 is 0 Å². The molecular weight excluding hydrogens is 168 g/mol. The molecule has 13 heavy (non-hydrogen) atoms. The number of ketones is 1. The van der Waals surface area contributed by atoms with Crippen molar-refractivity contribution in [1.29, 1.82) is 0 Å². The highest BCUT2D eigenvalue weighted by Crippen LogP contribution is 2.50. The van der Waals surface area contributed by atoms with Crippen LogP contribution in [0.1, 0.15) is 32.1 Å². The van der Waals surface area contributed by atoms with Gasteiger partial charge in [-0.15, -0.1) is 0 Å². The highest BCUT2D eigenvalue weighted by atomic mass is 16.4. The van der Waals surface area contributed by atoms with Gasteiger partial charge in [-0.3, -0.25) is 4.79 Å². The summed E-state index contributed by atoms with van der Waals surface area (Å²) < 4.78 is 0. The highest BCUT2D eigenvalue weighted by Gasteiger charge is 2.45. The minimum Gasteiger partial charge on any atom is -0.478 e. The predicted molar refractivity (Wildman–Crippen MR) is 46.2 cm³/mol. The lowest BCUT2D eigenvalue weighted by Crippen LogP contribution is -2.21. The smallest absolute Gasteiger partial charge is 0.332 e. The normalized spacial score (nSPS) is 25.2. The summed E-state index contributed by atoms with van der Waals surface area (Å²) in [5.41, 5.74) is 0.0677. The van der Waals surface area contributed by atoms with Crippen molar-refractivity contribution < 1.29 is 14.7 Å². The van der Waals surface area contributed by atoms with Crippen molar-refractivity contribution in [2.24, 2.45) is 5.41 Å². The Morgan fingerprint density at radius 2 is 2.00 bits per heavy atom. The van der Waals surface area contributed by atoms with Crippen molar-refractivity contribution in [2.75, 3.05) is 0 Å². The zero-order valence-electron chi connectivity index (χ0n) is 7.38. The minimum absolute atomic E-state index is 0.0145. The quantitative estimate of drug-likeness (QED) is 0.665. The number of hydrogen-bond donors (Lipinski definition) is 1. The molecule has 2 aliphatic rings. The summed E-state index contributed by atoms with van der Waals surface area (Å²) in [6.45, 7) is 0. The fraction of sp³-hybridized carbons (Fsp3) is 0.600. The van der Waals surface area contributed by atoms with Crippen molar-refractivity contribution in [3.05, 3.63) is 11.6 Å². The predicted octanol–water partition coefficient (Wildman–Crippen LogP) is 1.53. The Morgan fingerprint density at radius 3 is 2.54 bits per heavy atom. The molecule has 3 nitrogen and oxygen atoms in total. The molecule has 70 valence electrons. The molecule has 2 aliphatic carbocycles. The first-order valence-electron chi connectivity index (χ1n) is 4.62.